The fourth-order valence-corrected chi connectivity index (χ4v) is 3.48. The van der Waals surface area contributed by atoms with Crippen LogP contribution in [-0.2, 0) is 11.2 Å². The van der Waals surface area contributed by atoms with Gasteiger partial charge in [-0.15, -0.1) is 0 Å². The van der Waals surface area contributed by atoms with Crippen LogP contribution in [0.25, 0.3) is 10.9 Å². The Bertz CT molecular complexity index is 889. The Kier molecular flexibility index (Phi) is 4.91. The lowest BCUT2D eigenvalue weighted by Gasteiger charge is -2.14. The van der Waals surface area contributed by atoms with Crippen LogP contribution in [0.15, 0.2) is 24.4 Å². The van der Waals surface area contributed by atoms with Crippen molar-refractivity contribution >= 4 is 33.7 Å². The van der Waals surface area contributed by atoms with Crippen molar-refractivity contribution in [1.82, 2.24) is 10.3 Å². The van der Waals surface area contributed by atoms with Crippen LogP contribution in [0.1, 0.15) is 25.0 Å². The molecule has 1 amide bonds. The third-order valence-electron chi connectivity index (χ3n) is 3.77. The maximum Gasteiger partial charge on any atom is 0.239 e. The van der Waals surface area contributed by atoms with Crippen LogP contribution >= 0.6 is 11.8 Å². The zero-order valence-electron chi connectivity index (χ0n) is 14.0. The van der Waals surface area contributed by atoms with E-state index in [-0.39, 0.29) is 16.3 Å². The first-order valence-electron chi connectivity index (χ1n) is 7.98. The van der Waals surface area contributed by atoms with Gasteiger partial charge in [-0.2, -0.15) is 5.26 Å². The number of ether oxygens (including phenoxy) is 1. The van der Waals surface area contributed by atoms with E-state index in [0.717, 1.165) is 16.5 Å². The van der Waals surface area contributed by atoms with Crippen molar-refractivity contribution in [2.75, 3.05) is 6.61 Å². The number of fused-ring (bicyclic) bond motifs is 1. The summed E-state index contributed by atoms with van der Waals surface area (Å²) in [6.45, 7) is 4.60. The Morgan fingerprint density at radius 3 is 2.92 bits per heavy atom. The van der Waals surface area contributed by atoms with E-state index in [1.165, 1.54) is 18.0 Å². The lowest BCUT2D eigenvalue weighted by Crippen LogP contribution is -2.25. The van der Waals surface area contributed by atoms with E-state index >= 15 is 0 Å². The maximum absolute atomic E-state index is 11.8. The molecule has 1 aliphatic heterocycles. The molecule has 3 rings (SSSR count). The van der Waals surface area contributed by atoms with E-state index in [0.29, 0.717) is 30.3 Å². The first kappa shape index (κ1) is 17.2. The molecule has 1 aliphatic rings. The minimum atomic E-state index is -0.308. The molecule has 25 heavy (non-hydrogen) atoms. The molecule has 1 saturated heterocycles. The molecule has 2 N–H and O–H groups in total. The fraction of sp³-hybridized carbons (Fsp3) is 0.333. The first-order valence-corrected chi connectivity index (χ1v) is 8.86. The molecule has 0 aliphatic carbocycles. The summed E-state index contributed by atoms with van der Waals surface area (Å²) in [6.07, 6.45) is 2.04. The Hall–Kier alpha value is -2.59. The smallest absolute Gasteiger partial charge is 0.239 e. The van der Waals surface area contributed by atoms with Gasteiger partial charge in [-0.05, 0) is 30.0 Å². The number of aromatic nitrogens is 1. The first-order chi connectivity index (χ1) is 12.0. The summed E-state index contributed by atoms with van der Waals surface area (Å²) in [5.74, 6) is 0.733. The van der Waals surface area contributed by atoms with Crippen molar-refractivity contribution < 1.29 is 9.53 Å². The van der Waals surface area contributed by atoms with Crippen molar-refractivity contribution in [3.63, 3.8) is 0 Å². The van der Waals surface area contributed by atoms with Gasteiger partial charge in [0.1, 0.15) is 17.4 Å². The number of carbonyl (C=O) groups is 1. The van der Waals surface area contributed by atoms with Gasteiger partial charge in [0.15, 0.2) is 5.17 Å². The van der Waals surface area contributed by atoms with Gasteiger partial charge < -0.3 is 10.1 Å². The molecule has 128 valence electrons. The summed E-state index contributed by atoms with van der Waals surface area (Å²) in [5.41, 5.74) is 2.10. The molecule has 2 aromatic rings. The number of hydrogen-bond acceptors (Lipinski definition) is 6. The molecule has 6 nitrogen and oxygen atoms in total. The highest BCUT2D eigenvalue weighted by molar-refractivity contribution is 8.15. The lowest BCUT2D eigenvalue weighted by molar-refractivity contribution is -0.118. The second kappa shape index (κ2) is 7.11. The van der Waals surface area contributed by atoms with Crippen LogP contribution < -0.4 is 10.1 Å². The quantitative estimate of drug-likeness (QED) is 0.860. The number of amidine groups is 1. The predicted octanol–water partition coefficient (Wildman–Crippen LogP) is 2.85. The standard InChI is InChI=1S/C18H18N4O2S/c1-10(2)9-24-16-12(7-19)8-21-14-4-3-11(5-13(14)16)6-15-17(23)22-18(20)25-15/h3-5,8,10,15H,6,9H2,1-2H3,(H2,20,22,23). The van der Waals surface area contributed by atoms with Gasteiger partial charge >= 0.3 is 0 Å². The maximum atomic E-state index is 11.8. The number of hydrogen-bond donors (Lipinski definition) is 2. The highest BCUT2D eigenvalue weighted by Crippen LogP contribution is 2.31. The molecule has 7 heteroatoms. The molecule has 1 fully saturated rings. The van der Waals surface area contributed by atoms with Crippen molar-refractivity contribution in [2.45, 2.75) is 25.5 Å². The number of benzene rings is 1. The van der Waals surface area contributed by atoms with E-state index < -0.39 is 0 Å². The van der Waals surface area contributed by atoms with Crippen molar-refractivity contribution in [3.05, 3.63) is 35.5 Å². The highest BCUT2D eigenvalue weighted by atomic mass is 32.2. The monoisotopic (exact) mass is 354 g/mol. The second-order valence-corrected chi connectivity index (χ2v) is 7.51. The molecule has 0 radical (unpaired) electrons. The van der Waals surface area contributed by atoms with Crippen LogP contribution in [0.4, 0.5) is 0 Å². The Morgan fingerprint density at radius 1 is 1.48 bits per heavy atom. The zero-order chi connectivity index (χ0) is 18.0. The molecule has 2 heterocycles. The highest BCUT2D eigenvalue weighted by Gasteiger charge is 2.29. The predicted molar refractivity (Wildman–Crippen MR) is 97.7 cm³/mol. The second-order valence-electron chi connectivity index (χ2n) is 6.30. The summed E-state index contributed by atoms with van der Waals surface area (Å²) in [7, 11) is 0. The fourth-order valence-electron chi connectivity index (χ4n) is 2.59. The van der Waals surface area contributed by atoms with Crippen LogP contribution in [0, 0.1) is 22.7 Å². The molecule has 0 spiro atoms. The summed E-state index contributed by atoms with van der Waals surface area (Å²) >= 11 is 1.22. The van der Waals surface area contributed by atoms with Gasteiger partial charge in [0, 0.05) is 11.6 Å². The number of thioether (sulfide) groups is 1. The summed E-state index contributed by atoms with van der Waals surface area (Å²) in [4.78, 5) is 16.2. The number of carbonyl (C=O) groups excluding carboxylic acids is 1. The number of amides is 1. The Morgan fingerprint density at radius 2 is 2.28 bits per heavy atom. The molecule has 1 unspecified atom stereocenters. The molecular weight excluding hydrogens is 336 g/mol. The summed E-state index contributed by atoms with van der Waals surface area (Å²) in [6, 6.07) is 7.85. The average molecular weight is 354 g/mol. The number of nitrogens with one attached hydrogen (secondary N) is 2. The molecule has 1 aromatic carbocycles. The zero-order valence-corrected chi connectivity index (χ0v) is 14.8. The van der Waals surface area contributed by atoms with Gasteiger partial charge in [-0.3, -0.25) is 15.2 Å². The van der Waals surface area contributed by atoms with Crippen molar-refractivity contribution in [3.8, 4) is 11.8 Å². The van der Waals surface area contributed by atoms with Crippen LogP contribution in [0.2, 0.25) is 0 Å². The molecule has 1 atom stereocenters. The third kappa shape index (κ3) is 3.74. The van der Waals surface area contributed by atoms with Crippen LogP contribution in [0.3, 0.4) is 0 Å². The van der Waals surface area contributed by atoms with Gasteiger partial charge in [0.2, 0.25) is 5.91 Å². The van der Waals surface area contributed by atoms with E-state index in [9.17, 15) is 10.1 Å². The number of nitrogens with zero attached hydrogens (tertiary/aromatic N) is 2. The third-order valence-corrected chi connectivity index (χ3v) is 4.78. The van der Waals surface area contributed by atoms with Gasteiger partial charge in [-0.1, -0.05) is 31.7 Å². The van der Waals surface area contributed by atoms with Gasteiger partial charge in [-0.25, -0.2) is 0 Å². The molecule has 0 bridgehead atoms. The van der Waals surface area contributed by atoms with Crippen molar-refractivity contribution in [2.24, 2.45) is 5.92 Å². The van der Waals surface area contributed by atoms with E-state index in [4.69, 9.17) is 10.1 Å². The van der Waals surface area contributed by atoms with Crippen molar-refractivity contribution in [1.29, 1.82) is 10.7 Å². The summed E-state index contributed by atoms with van der Waals surface area (Å²) in [5, 5.41) is 20.1. The molecular formula is C18H18N4O2S. The number of pyridine rings is 1. The van der Waals surface area contributed by atoms with Crippen LogP contribution in [-0.4, -0.2) is 27.9 Å². The topological polar surface area (TPSA) is 98.9 Å². The minimum absolute atomic E-state index is 0.143. The number of nitriles is 1. The van der Waals surface area contributed by atoms with Gasteiger partial charge in [0.05, 0.1) is 17.4 Å². The normalized spacial score (nSPS) is 17.0. The van der Waals surface area contributed by atoms with Crippen LogP contribution in [0.5, 0.6) is 5.75 Å². The number of rotatable bonds is 5. The van der Waals surface area contributed by atoms with E-state index in [2.05, 4.69) is 16.4 Å². The Balaban J connectivity index is 1.97. The SMILES string of the molecule is CC(C)COc1c(C#N)cnc2ccc(CC3SC(=N)NC3=O)cc12. The Labute approximate surface area is 150 Å². The summed E-state index contributed by atoms with van der Waals surface area (Å²) < 4.78 is 5.88. The van der Waals surface area contributed by atoms with Gasteiger partial charge in [0.25, 0.3) is 0 Å². The molecule has 1 aromatic heterocycles. The van der Waals surface area contributed by atoms with E-state index in [1.54, 1.807) is 0 Å². The van der Waals surface area contributed by atoms with E-state index in [1.807, 2.05) is 32.0 Å². The minimum Gasteiger partial charge on any atom is -0.491 e. The lowest BCUT2D eigenvalue weighted by atomic mass is 10.0. The molecule has 0 saturated carbocycles. The largest absolute Gasteiger partial charge is 0.491 e. The average Bonchev–Trinajstić information content (AvgIpc) is 2.89.